The lowest BCUT2D eigenvalue weighted by Gasteiger charge is -2.22. The van der Waals surface area contributed by atoms with Crippen molar-refractivity contribution in [3.63, 3.8) is 0 Å². The first kappa shape index (κ1) is 19.5. The average Bonchev–Trinajstić information content (AvgIpc) is 2.87. The quantitative estimate of drug-likeness (QED) is 0.675. The van der Waals surface area contributed by atoms with Gasteiger partial charge in [0, 0.05) is 61.0 Å². The van der Waals surface area contributed by atoms with Crippen molar-refractivity contribution >= 4 is 5.71 Å². The van der Waals surface area contributed by atoms with E-state index < -0.39 is 0 Å². The molecular weight excluding hydrogens is 328 g/mol. The summed E-state index contributed by atoms with van der Waals surface area (Å²) >= 11 is 0. The summed E-state index contributed by atoms with van der Waals surface area (Å²) in [4.78, 5) is 0. The lowest BCUT2D eigenvalue weighted by Crippen LogP contribution is -2.34. The molecule has 0 aromatic carbocycles. The van der Waals surface area contributed by atoms with Crippen molar-refractivity contribution in [3.8, 4) is 0 Å². The molecule has 0 saturated heterocycles. The molecule has 2 nitrogen and oxygen atoms in total. The molecular formula is C25H34N2+2. The number of allylic oxidation sites excluding steroid dienone is 7. The Morgan fingerprint density at radius 2 is 1.96 bits per heavy atom. The molecule has 0 fully saturated rings. The van der Waals surface area contributed by atoms with Crippen LogP contribution >= 0.6 is 0 Å². The highest BCUT2D eigenvalue weighted by molar-refractivity contribution is 6.08. The molecule has 2 aliphatic carbocycles. The Morgan fingerprint density at radius 1 is 1.26 bits per heavy atom. The molecule has 0 N–H and O–H groups in total. The maximum Gasteiger partial charge on any atom is 0.212 e. The Bertz CT molecular complexity index is 904. The second kappa shape index (κ2) is 7.42. The van der Waals surface area contributed by atoms with Gasteiger partial charge in [0.1, 0.15) is 13.6 Å². The van der Waals surface area contributed by atoms with Crippen molar-refractivity contribution in [1.82, 2.24) is 0 Å². The molecule has 0 bridgehead atoms. The van der Waals surface area contributed by atoms with Crippen LogP contribution in [0.1, 0.15) is 57.4 Å². The minimum absolute atomic E-state index is 0.0471. The van der Waals surface area contributed by atoms with Crippen molar-refractivity contribution in [2.45, 2.75) is 59.3 Å². The van der Waals surface area contributed by atoms with Gasteiger partial charge < -0.3 is 0 Å². The minimum Gasteiger partial charge on any atom is -0.205 e. The Balaban J connectivity index is 2.15. The standard InChI is InChI=1S/C25H34N2/c1-8-9-14-27(24-13-11-10-12-18(24)2)20(4)22-16-21-15-19(3)26(7)17-23(21)25(22,5)6/h10-13,15,17H,2,8-9,14,16H2,1,3-7H3/q+2/b22-20+,27-24?. The van der Waals surface area contributed by atoms with Gasteiger partial charge in [-0.05, 0) is 11.6 Å². The monoisotopic (exact) mass is 362 g/mol. The molecule has 0 radical (unpaired) electrons. The van der Waals surface area contributed by atoms with Gasteiger partial charge in [0.25, 0.3) is 0 Å². The fourth-order valence-electron chi connectivity index (χ4n) is 4.40. The van der Waals surface area contributed by atoms with Crippen molar-refractivity contribution < 1.29 is 9.14 Å². The summed E-state index contributed by atoms with van der Waals surface area (Å²) in [6, 6.07) is 2.36. The van der Waals surface area contributed by atoms with Crippen LogP contribution in [-0.4, -0.2) is 16.8 Å². The second-order valence-electron chi connectivity index (χ2n) is 8.46. The molecule has 0 unspecified atom stereocenters. The first-order valence-electron chi connectivity index (χ1n) is 10.2. The Morgan fingerprint density at radius 3 is 2.63 bits per heavy atom. The third kappa shape index (κ3) is 3.50. The number of hydrogen-bond acceptors (Lipinski definition) is 0. The molecule has 1 aromatic heterocycles. The van der Waals surface area contributed by atoms with E-state index in [1.54, 1.807) is 0 Å². The van der Waals surface area contributed by atoms with E-state index in [2.05, 4.69) is 94.0 Å². The van der Waals surface area contributed by atoms with E-state index in [0.717, 1.165) is 18.5 Å². The van der Waals surface area contributed by atoms with Crippen molar-refractivity contribution in [2.24, 2.45) is 7.05 Å². The van der Waals surface area contributed by atoms with Crippen LogP contribution in [0.25, 0.3) is 0 Å². The topological polar surface area (TPSA) is 6.89 Å². The van der Waals surface area contributed by atoms with Gasteiger partial charge in [0.05, 0.1) is 0 Å². The van der Waals surface area contributed by atoms with E-state index in [9.17, 15) is 0 Å². The zero-order chi connectivity index (χ0) is 19.8. The zero-order valence-corrected chi connectivity index (χ0v) is 17.9. The van der Waals surface area contributed by atoms with Crippen molar-refractivity contribution in [2.75, 3.05) is 6.54 Å². The summed E-state index contributed by atoms with van der Waals surface area (Å²) in [5.74, 6) is 0. The van der Waals surface area contributed by atoms with E-state index in [-0.39, 0.29) is 5.41 Å². The summed E-state index contributed by atoms with van der Waals surface area (Å²) in [5, 5.41) is 0. The maximum absolute atomic E-state index is 4.29. The number of pyridine rings is 1. The van der Waals surface area contributed by atoms with Crippen LogP contribution in [0.2, 0.25) is 0 Å². The van der Waals surface area contributed by atoms with Gasteiger partial charge in [-0.15, -0.1) is 0 Å². The number of unbranched alkanes of at least 4 members (excludes halogenated alkanes) is 1. The summed E-state index contributed by atoms with van der Waals surface area (Å²) in [6.07, 6.45) is 14.3. The second-order valence-corrected chi connectivity index (χ2v) is 8.46. The highest BCUT2D eigenvalue weighted by atomic mass is 15.0. The molecule has 0 saturated carbocycles. The number of aromatic nitrogens is 1. The highest BCUT2D eigenvalue weighted by Gasteiger charge is 2.41. The number of hydrogen-bond donors (Lipinski definition) is 0. The SMILES string of the molecule is C=C1C=CC=CC1=[N+](CCCC)/C(C)=C1\Cc2cc(C)[n+](C)cc2C1(C)C. The van der Waals surface area contributed by atoms with Gasteiger partial charge in [0.2, 0.25) is 5.71 Å². The third-order valence-corrected chi connectivity index (χ3v) is 6.26. The minimum atomic E-state index is 0.0471. The third-order valence-electron chi connectivity index (χ3n) is 6.26. The van der Waals surface area contributed by atoms with E-state index in [1.165, 1.54) is 46.6 Å². The molecule has 1 aromatic rings. The van der Waals surface area contributed by atoms with Gasteiger partial charge >= 0.3 is 0 Å². The van der Waals surface area contributed by atoms with Gasteiger partial charge in [-0.25, -0.2) is 4.57 Å². The molecule has 3 rings (SSSR count). The fourth-order valence-corrected chi connectivity index (χ4v) is 4.40. The molecule has 2 aliphatic rings. The highest BCUT2D eigenvalue weighted by Crippen LogP contribution is 2.43. The Kier molecular flexibility index (Phi) is 5.37. The first-order valence-corrected chi connectivity index (χ1v) is 10.2. The van der Waals surface area contributed by atoms with Crippen LogP contribution in [0.4, 0.5) is 0 Å². The predicted octanol–water partition coefficient (Wildman–Crippen LogP) is 4.86. The van der Waals surface area contributed by atoms with E-state index in [4.69, 9.17) is 0 Å². The smallest absolute Gasteiger partial charge is 0.205 e. The molecule has 142 valence electrons. The van der Waals surface area contributed by atoms with Crippen molar-refractivity contribution in [1.29, 1.82) is 0 Å². The zero-order valence-electron chi connectivity index (χ0n) is 17.9. The van der Waals surface area contributed by atoms with Crippen LogP contribution in [0.5, 0.6) is 0 Å². The van der Waals surface area contributed by atoms with Crippen LogP contribution < -0.4 is 4.57 Å². The molecule has 0 amide bonds. The average molecular weight is 363 g/mol. The summed E-state index contributed by atoms with van der Waals surface area (Å²) in [6.45, 7) is 16.8. The molecule has 0 aliphatic heterocycles. The van der Waals surface area contributed by atoms with E-state index >= 15 is 0 Å². The van der Waals surface area contributed by atoms with Gasteiger partial charge in [0.15, 0.2) is 17.6 Å². The number of rotatable bonds is 4. The molecule has 27 heavy (non-hydrogen) atoms. The summed E-state index contributed by atoms with van der Waals surface area (Å²) in [7, 11) is 2.15. The van der Waals surface area contributed by atoms with Crippen LogP contribution in [-0.2, 0) is 18.9 Å². The maximum atomic E-state index is 4.29. The first-order chi connectivity index (χ1) is 12.8. The Labute approximate surface area is 164 Å². The predicted molar refractivity (Wildman–Crippen MR) is 114 cm³/mol. The summed E-state index contributed by atoms with van der Waals surface area (Å²) < 4.78 is 4.75. The van der Waals surface area contributed by atoms with Crippen LogP contribution in [0, 0.1) is 6.92 Å². The lowest BCUT2D eigenvalue weighted by atomic mass is 9.82. The number of fused-ring (bicyclic) bond motifs is 1. The van der Waals surface area contributed by atoms with E-state index in [1.807, 2.05) is 0 Å². The fraction of sp³-hybridized carbons (Fsp3) is 0.440. The molecule has 0 spiro atoms. The van der Waals surface area contributed by atoms with Crippen LogP contribution in [0.15, 0.2) is 60.0 Å². The molecule has 1 heterocycles. The number of aryl methyl sites for hydroxylation is 2. The largest absolute Gasteiger partial charge is 0.212 e. The van der Waals surface area contributed by atoms with E-state index in [0.29, 0.717) is 0 Å². The summed E-state index contributed by atoms with van der Waals surface area (Å²) in [5.41, 5.74) is 9.56. The normalized spacial score (nSPS) is 21.5. The molecule has 0 atom stereocenters. The Hall–Kier alpha value is -2.22. The van der Waals surface area contributed by atoms with Crippen LogP contribution in [0.3, 0.4) is 0 Å². The van der Waals surface area contributed by atoms with Gasteiger partial charge in [-0.1, -0.05) is 45.9 Å². The van der Waals surface area contributed by atoms with Crippen molar-refractivity contribution in [3.05, 3.63) is 76.8 Å². The lowest BCUT2D eigenvalue weighted by molar-refractivity contribution is -0.678. The van der Waals surface area contributed by atoms with Gasteiger partial charge in [-0.2, -0.15) is 4.58 Å². The molecule has 2 heteroatoms. The van der Waals surface area contributed by atoms with Gasteiger partial charge in [-0.3, -0.25) is 0 Å². The number of nitrogens with zero attached hydrogens (tertiary/aromatic N) is 2.